The first kappa shape index (κ1) is 12.2. The van der Waals surface area contributed by atoms with E-state index in [2.05, 4.69) is 0 Å². The van der Waals surface area contributed by atoms with Gasteiger partial charge in [-0.3, -0.25) is 5.41 Å². The van der Waals surface area contributed by atoms with Crippen LogP contribution < -0.4 is 5.62 Å². The van der Waals surface area contributed by atoms with Crippen LogP contribution in [0.1, 0.15) is 11.0 Å². The highest BCUT2D eigenvalue weighted by Crippen LogP contribution is 2.21. The maximum absolute atomic E-state index is 10.3. The third kappa shape index (κ3) is 2.01. The molecule has 0 saturated carbocycles. The predicted molar refractivity (Wildman–Crippen MR) is 76.0 cm³/mol. The third-order valence-electron chi connectivity index (χ3n) is 3.33. The van der Waals surface area contributed by atoms with Crippen molar-refractivity contribution in [1.29, 1.82) is 5.41 Å². The van der Waals surface area contributed by atoms with E-state index in [-0.39, 0.29) is 0 Å². The Hall–Kier alpha value is -1.85. The summed E-state index contributed by atoms with van der Waals surface area (Å²) in [6, 6.07) is 11.7. The topological polar surface area (TPSA) is 53.9 Å². The maximum atomic E-state index is 10.3. The molecular formula is C14H15N3OS. The lowest BCUT2D eigenvalue weighted by Gasteiger charge is -2.10. The highest BCUT2D eigenvalue weighted by atomic mass is 32.1. The van der Waals surface area contributed by atoms with Gasteiger partial charge < -0.3 is 14.2 Å². The largest absolute Gasteiger partial charge is 0.386 e. The van der Waals surface area contributed by atoms with Crippen LogP contribution in [0.15, 0.2) is 41.8 Å². The Morgan fingerprint density at radius 2 is 1.95 bits per heavy atom. The van der Waals surface area contributed by atoms with Gasteiger partial charge >= 0.3 is 0 Å². The molecule has 0 fully saturated rings. The summed E-state index contributed by atoms with van der Waals surface area (Å²) < 4.78 is 3.68. The zero-order valence-electron chi connectivity index (χ0n) is 10.6. The number of nitrogens with one attached hydrogen (secondary N) is 1. The summed E-state index contributed by atoms with van der Waals surface area (Å²) >= 11 is 1.54. The van der Waals surface area contributed by atoms with E-state index in [4.69, 9.17) is 5.41 Å². The summed E-state index contributed by atoms with van der Waals surface area (Å²) in [4.78, 5) is 0.930. The van der Waals surface area contributed by atoms with E-state index in [9.17, 15) is 5.11 Å². The number of aliphatic hydroxyl groups excluding tert-OH is 1. The van der Waals surface area contributed by atoms with E-state index in [1.54, 1.807) is 0 Å². The van der Waals surface area contributed by atoms with Crippen molar-refractivity contribution in [2.24, 2.45) is 7.05 Å². The van der Waals surface area contributed by atoms with Gasteiger partial charge in [0.05, 0.1) is 17.6 Å². The highest BCUT2D eigenvalue weighted by Gasteiger charge is 2.14. The zero-order valence-corrected chi connectivity index (χ0v) is 11.4. The monoisotopic (exact) mass is 273 g/mol. The Labute approximate surface area is 114 Å². The van der Waals surface area contributed by atoms with Crippen molar-refractivity contribution >= 4 is 22.4 Å². The molecule has 0 saturated heterocycles. The van der Waals surface area contributed by atoms with Gasteiger partial charge in [0.15, 0.2) is 0 Å². The Kier molecular flexibility index (Phi) is 3.00. The molecule has 19 heavy (non-hydrogen) atoms. The van der Waals surface area contributed by atoms with E-state index >= 15 is 0 Å². The predicted octanol–water partition coefficient (Wildman–Crippen LogP) is 2.25. The number of rotatable bonds is 3. The molecule has 0 spiro atoms. The van der Waals surface area contributed by atoms with Crippen molar-refractivity contribution in [3.8, 4) is 0 Å². The fraction of sp³-hybridized carbons (Fsp3) is 0.214. The number of hydrogen-bond donors (Lipinski definition) is 2. The standard InChI is InChI=1S/C14H15N3OS/c1-16-10-5-2-3-6-11(10)17(14(16)15)9-12(18)13-7-4-8-19-13/h2-8,12,15,18H,9H2,1H3/t12-/m1/s1. The molecule has 2 N–H and O–H groups in total. The van der Waals surface area contributed by atoms with Gasteiger partial charge in [-0.2, -0.15) is 0 Å². The summed E-state index contributed by atoms with van der Waals surface area (Å²) in [5.74, 6) is 0. The summed E-state index contributed by atoms with van der Waals surface area (Å²) in [6.07, 6.45) is -0.570. The number of aryl methyl sites for hydroxylation is 1. The SMILES string of the molecule is Cn1c(=N)n(C[C@@H](O)c2cccs2)c2ccccc21. The van der Waals surface area contributed by atoms with Gasteiger partial charge in [-0.25, -0.2) is 0 Å². The molecule has 3 rings (SSSR count). The molecule has 0 aliphatic heterocycles. The van der Waals surface area contributed by atoms with Gasteiger partial charge in [-0.1, -0.05) is 18.2 Å². The van der Waals surface area contributed by atoms with Gasteiger partial charge in [0.1, 0.15) is 6.10 Å². The molecule has 0 aliphatic rings. The normalized spacial score (nSPS) is 12.9. The van der Waals surface area contributed by atoms with Crippen molar-refractivity contribution in [3.05, 3.63) is 52.3 Å². The van der Waals surface area contributed by atoms with Gasteiger partial charge in [-0.05, 0) is 23.6 Å². The fourth-order valence-electron chi connectivity index (χ4n) is 2.31. The first-order valence-corrected chi connectivity index (χ1v) is 6.97. The second kappa shape index (κ2) is 4.68. The van der Waals surface area contributed by atoms with Crippen LogP contribution in [0.4, 0.5) is 0 Å². The summed E-state index contributed by atoms with van der Waals surface area (Å²) in [5, 5.41) is 20.4. The minimum Gasteiger partial charge on any atom is -0.386 e. The number of imidazole rings is 1. The lowest BCUT2D eigenvalue weighted by Crippen LogP contribution is -2.24. The molecule has 0 bridgehead atoms. The van der Waals surface area contributed by atoms with Crippen molar-refractivity contribution in [2.45, 2.75) is 12.6 Å². The Morgan fingerprint density at radius 3 is 2.63 bits per heavy atom. The maximum Gasteiger partial charge on any atom is 0.202 e. The van der Waals surface area contributed by atoms with Crippen molar-refractivity contribution in [2.75, 3.05) is 0 Å². The average molecular weight is 273 g/mol. The van der Waals surface area contributed by atoms with E-state index < -0.39 is 6.10 Å². The van der Waals surface area contributed by atoms with E-state index in [1.165, 1.54) is 11.3 Å². The summed E-state index contributed by atoms with van der Waals surface area (Å²) in [6.45, 7) is 0.403. The molecule has 0 radical (unpaired) electrons. The quantitative estimate of drug-likeness (QED) is 0.755. The van der Waals surface area contributed by atoms with Crippen LogP contribution in [0.25, 0.3) is 11.0 Å². The van der Waals surface area contributed by atoms with E-state index in [1.807, 2.05) is 58.0 Å². The van der Waals surface area contributed by atoms with Crippen molar-refractivity contribution < 1.29 is 5.11 Å². The lowest BCUT2D eigenvalue weighted by molar-refractivity contribution is 0.159. The van der Waals surface area contributed by atoms with Gasteiger partial charge in [0.2, 0.25) is 5.62 Å². The summed E-state index contributed by atoms with van der Waals surface area (Å²) in [5.41, 5.74) is 2.38. The molecule has 0 amide bonds. The van der Waals surface area contributed by atoms with Gasteiger partial charge in [0, 0.05) is 11.9 Å². The van der Waals surface area contributed by atoms with Crippen LogP contribution in [0.2, 0.25) is 0 Å². The Morgan fingerprint density at radius 1 is 1.21 bits per heavy atom. The molecule has 2 aromatic heterocycles. The van der Waals surface area contributed by atoms with Crippen LogP contribution in [0, 0.1) is 5.41 Å². The molecule has 0 aliphatic carbocycles. The molecule has 98 valence electrons. The van der Waals surface area contributed by atoms with Crippen LogP contribution in [0.3, 0.4) is 0 Å². The number of nitrogens with zero attached hydrogens (tertiary/aromatic N) is 2. The lowest BCUT2D eigenvalue weighted by atomic mass is 10.2. The molecule has 2 heterocycles. The molecule has 0 unspecified atom stereocenters. The van der Waals surface area contributed by atoms with Crippen LogP contribution in [-0.2, 0) is 13.6 Å². The molecule has 1 aromatic carbocycles. The number of thiophene rings is 1. The van der Waals surface area contributed by atoms with Gasteiger partial charge in [0.25, 0.3) is 0 Å². The first-order valence-electron chi connectivity index (χ1n) is 6.09. The number of benzene rings is 1. The Bertz CT molecular complexity index is 755. The van der Waals surface area contributed by atoms with Crippen molar-refractivity contribution in [3.63, 3.8) is 0 Å². The molecule has 1 atom stereocenters. The van der Waals surface area contributed by atoms with Crippen LogP contribution in [0.5, 0.6) is 0 Å². The number of aromatic nitrogens is 2. The van der Waals surface area contributed by atoms with E-state index in [0.717, 1.165) is 15.9 Å². The molecule has 3 aromatic rings. The van der Waals surface area contributed by atoms with Crippen LogP contribution in [-0.4, -0.2) is 14.2 Å². The third-order valence-corrected chi connectivity index (χ3v) is 4.31. The average Bonchev–Trinajstić information content (AvgIpc) is 3.03. The molecular weight excluding hydrogens is 258 g/mol. The van der Waals surface area contributed by atoms with Crippen LogP contribution >= 0.6 is 11.3 Å². The second-order valence-electron chi connectivity index (χ2n) is 4.51. The minimum absolute atomic E-state index is 0.400. The zero-order chi connectivity index (χ0) is 13.4. The number of aliphatic hydroxyl groups is 1. The smallest absolute Gasteiger partial charge is 0.202 e. The molecule has 4 nitrogen and oxygen atoms in total. The highest BCUT2D eigenvalue weighted by molar-refractivity contribution is 7.10. The second-order valence-corrected chi connectivity index (χ2v) is 5.49. The number of para-hydroxylation sites is 2. The minimum atomic E-state index is -0.570. The van der Waals surface area contributed by atoms with Crippen molar-refractivity contribution in [1.82, 2.24) is 9.13 Å². The van der Waals surface area contributed by atoms with E-state index in [0.29, 0.717) is 12.2 Å². The first-order chi connectivity index (χ1) is 9.18. The number of fused-ring (bicyclic) bond motifs is 1. The fourth-order valence-corrected chi connectivity index (χ4v) is 3.02. The Balaban J connectivity index is 2.06. The summed E-state index contributed by atoms with van der Waals surface area (Å²) in [7, 11) is 1.87. The molecule has 5 heteroatoms. The number of hydrogen-bond acceptors (Lipinski definition) is 3. The van der Waals surface area contributed by atoms with Gasteiger partial charge in [-0.15, -0.1) is 11.3 Å².